The van der Waals surface area contributed by atoms with Crippen molar-refractivity contribution in [2.45, 2.75) is 12.5 Å². The molecule has 0 spiro atoms. The van der Waals surface area contributed by atoms with Crippen LogP contribution in [0.1, 0.15) is 23.6 Å². The molecule has 1 fully saturated rings. The number of benzene rings is 2. The molecule has 32 heavy (non-hydrogen) atoms. The fourth-order valence-corrected chi connectivity index (χ4v) is 3.97. The predicted molar refractivity (Wildman–Crippen MR) is 122 cm³/mol. The molecule has 0 aliphatic carbocycles. The Labute approximate surface area is 192 Å². The maximum absolute atomic E-state index is 13.1. The van der Waals surface area contributed by atoms with E-state index in [0.717, 1.165) is 6.54 Å². The number of nitrogens with one attached hydrogen (secondary N) is 1. The van der Waals surface area contributed by atoms with Crippen molar-refractivity contribution in [3.63, 3.8) is 0 Å². The van der Waals surface area contributed by atoms with Crippen molar-refractivity contribution in [3.05, 3.63) is 64.2 Å². The zero-order valence-electron chi connectivity index (χ0n) is 18.6. The molecule has 0 aromatic heterocycles. The van der Waals surface area contributed by atoms with Crippen molar-refractivity contribution in [1.29, 1.82) is 0 Å². The number of carbonyl (C=O) groups is 2. The molecule has 3 rings (SSSR count). The molecular formula is C24H28ClN2O5+. The molecule has 170 valence electrons. The Kier molecular flexibility index (Phi) is 7.43. The minimum Gasteiger partial charge on any atom is -0.507 e. The Morgan fingerprint density at radius 1 is 1.06 bits per heavy atom. The van der Waals surface area contributed by atoms with E-state index in [1.807, 2.05) is 14.1 Å². The van der Waals surface area contributed by atoms with Crippen molar-refractivity contribution < 1.29 is 29.1 Å². The fraction of sp³-hybridized carbons (Fsp3) is 0.333. The van der Waals surface area contributed by atoms with E-state index in [0.29, 0.717) is 40.6 Å². The zero-order chi connectivity index (χ0) is 23.4. The zero-order valence-corrected chi connectivity index (χ0v) is 19.4. The number of aliphatic hydroxyl groups excluding tert-OH is 1. The number of ketones is 1. The lowest BCUT2D eigenvalue weighted by atomic mass is 9.95. The number of halogens is 1. The number of quaternary nitrogens is 1. The Morgan fingerprint density at radius 3 is 2.31 bits per heavy atom. The van der Waals surface area contributed by atoms with Gasteiger partial charge in [-0.15, -0.1) is 0 Å². The second-order valence-corrected chi connectivity index (χ2v) is 8.36. The molecular weight excluding hydrogens is 432 g/mol. The SMILES string of the molecule is COc1ccc([C@H]2C(=C(O)c3ccc(Cl)cc3)C(=O)C(=O)N2CCC[NH+](C)C)cc1OC. The summed E-state index contributed by atoms with van der Waals surface area (Å²) in [7, 11) is 7.11. The lowest BCUT2D eigenvalue weighted by molar-refractivity contribution is -0.858. The van der Waals surface area contributed by atoms with Crippen LogP contribution in [0.3, 0.4) is 0 Å². The molecule has 1 aliphatic heterocycles. The van der Waals surface area contributed by atoms with E-state index in [4.69, 9.17) is 21.1 Å². The molecule has 1 heterocycles. The van der Waals surface area contributed by atoms with Crippen molar-refractivity contribution >= 4 is 29.1 Å². The number of hydrogen-bond acceptors (Lipinski definition) is 5. The standard InChI is InChI=1S/C24H27ClN2O5/c1-26(2)12-5-13-27-21(16-8-11-18(31-3)19(14-16)32-4)20(23(29)24(27)30)22(28)15-6-9-17(25)10-7-15/h6-11,14,21,28H,5,12-13H2,1-4H3/p+1/t21-/m0/s1. The summed E-state index contributed by atoms with van der Waals surface area (Å²) < 4.78 is 10.7. The van der Waals surface area contributed by atoms with Crippen LogP contribution in [0.2, 0.25) is 5.02 Å². The molecule has 0 radical (unpaired) electrons. The summed E-state index contributed by atoms with van der Waals surface area (Å²) in [5, 5.41) is 11.6. The van der Waals surface area contributed by atoms with Crippen LogP contribution in [0.4, 0.5) is 0 Å². The normalized spacial score (nSPS) is 17.8. The number of nitrogens with zero attached hydrogens (tertiary/aromatic N) is 1. The first-order chi connectivity index (χ1) is 15.3. The van der Waals surface area contributed by atoms with Gasteiger partial charge in [0.05, 0.1) is 46.5 Å². The summed E-state index contributed by atoms with van der Waals surface area (Å²) in [6, 6.07) is 11.0. The molecule has 2 N–H and O–H groups in total. The van der Waals surface area contributed by atoms with E-state index in [1.165, 1.54) is 24.0 Å². The average Bonchev–Trinajstić information content (AvgIpc) is 3.03. The second kappa shape index (κ2) is 10.1. The van der Waals surface area contributed by atoms with E-state index in [-0.39, 0.29) is 11.3 Å². The highest BCUT2D eigenvalue weighted by Crippen LogP contribution is 2.42. The van der Waals surface area contributed by atoms with Gasteiger partial charge in [0.2, 0.25) is 0 Å². The molecule has 1 atom stereocenters. The largest absolute Gasteiger partial charge is 0.507 e. The third-order valence-corrected chi connectivity index (χ3v) is 5.71. The number of hydrogen-bond donors (Lipinski definition) is 2. The summed E-state index contributed by atoms with van der Waals surface area (Å²) in [5.74, 6) is -0.578. The molecule has 2 aromatic rings. The number of amides is 1. The van der Waals surface area contributed by atoms with Gasteiger partial charge in [0.1, 0.15) is 5.76 Å². The summed E-state index contributed by atoms with van der Waals surface area (Å²) >= 11 is 5.97. The molecule has 1 aliphatic rings. The van der Waals surface area contributed by atoms with Crippen molar-refractivity contribution in [1.82, 2.24) is 4.90 Å². The van der Waals surface area contributed by atoms with Crippen LogP contribution in [0.5, 0.6) is 11.5 Å². The first kappa shape index (κ1) is 23.6. The van der Waals surface area contributed by atoms with E-state index >= 15 is 0 Å². The van der Waals surface area contributed by atoms with Gasteiger partial charge in [-0.05, 0) is 42.0 Å². The van der Waals surface area contributed by atoms with Gasteiger partial charge < -0.3 is 24.4 Å². The van der Waals surface area contributed by atoms with Gasteiger partial charge >= 0.3 is 0 Å². The van der Waals surface area contributed by atoms with Crippen LogP contribution in [-0.4, -0.2) is 63.1 Å². The first-order valence-corrected chi connectivity index (χ1v) is 10.7. The first-order valence-electron chi connectivity index (χ1n) is 10.3. The molecule has 0 saturated carbocycles. The molecule has 0 bridgehead atoms. The molecule has 8 heteroatoms. The highest BCUT2D eigenvalue weighted by molar-refractivity contribution is 6.46. The van der Waals surface area contributed by atoms with Gasteiger partial charge in [-0.3, -0.25) is 9.59 Å². The Hall–Kier alpha value is -3.03. The average molecular weight is 460 g/mol. The van der Waals surface area contributed by atoms with Crippen molar-refractivity contribution in [3.8, 4) is 11.5 Å². The smallest absolute Gasteiger partial charge is 0.295 e. The third kappa shape index (κ3) is 4.74. The van der Waals surface area contributed by atoms with Crippen LogP contribution in [0, 0.1) is 0 Å². The minimum absolute atomic E-state index is 0.0433. The predicted octanol–water partition coefficient (Wildman–Crippen LogP) is 2.31. The quantitative estimate of drug-likeness (QED) is 0.360. The monoisotopic (exact) mass is 459 g/mol. The van der Waals surface area contributed by atoms with Crippen LogP contribution in [0.25, 0.3) is 5.76 Å². The van der Waals surface area contributed by atoms with Gasteiger partial charge in [0.15, 0.2) is 11.5 Å². The maximum atomic E-state index is 13.1. The number of aliphatic hydroxyl groups is 1. The number of likely N-dealkylation sites (tertiary alicyclic amines) is 1. The van der Waals surface area contributed by atoms with Crippen LogP contribution in [0.15, 0.2) is 48.0 Å². The summed E-state index contributed by atoms with van der Waals surface area (Å²) in [4.78, 5) is 28.8. The fourth-order valence-electron chi connectivity index (χ4n) is 3.85. The molecule has 1 saturated heterocycles. The van der Waals surface area contributed by atoms with Crippen molar-refractivity contribution in [2.24, 2.45) is 0 Å². The van der Waals surface area contributed by atoms with Crippen LogP contribution >= 0.6 is 11.6 Å². The topological polar surface area (TPSA) is 80.5 Å². The van der Waals surface area contributed by atoms with Gasteiger partial charge in [0.25, 0.3) is 11.7 Å². The van der Waals surface area contributed by atoms with Gasteiger partial charge in [-0.25, -0.2) is 0 Å². The van der Waals surface area contributed by atoms with Crippen molar-refractivity contribution in [2.75, 3.05) is 41.4 Å². The lowest BCUT2D eigenvalue weighted by Gasteiger charge is -2.26. The van der Waals surface area contributed by atoms with Crippen LogP contribution < -0.4 is 14.4 Å². The van der Waals surface area contributed by atoms with Gasteiger partial charge in [-0.1, -0.05) is 17.7 Å². The number of Topliss-reactive ketones (excluding diaryl/α,β-unsaturated/α-hetero) is 1. The van der Waals surface area contributed by atoms with Gasteiger partial charge in [0, 0.05) is 23.6 Å². The highest BCUT2D eigenvalue weighted by atomic mass is 35.5. The Morgan fingerprint density at radius 2 is 1.72 bits per heavy atom. The van der Waals surface area contributed by atoms with Crippen LogP contribution in [-0.2, 0) is 9.59 Å². The minimum atomic E-state index is -0.748. The maximum Gasteiger partial charge on any atom is 0.295 e. The van der Waals surface area contributed by atoms with E-state index in [1.54, 1.807) is 42.5 Å². The lowest BCUT2D eigenvalue weighted by Crippen LogP contribution is -3.05. The Bertz CT molecular complexity index is 1030. The van der Waals surface area contributed by atoms with E-state index in [2.05, 4.69) is 0 Å². The molecule has 0 unspecified atom stereocenters. The molecule has 7 nitrogen and oxygen atoms in total. The second-order valence-electron chi connectivity index (χ2n) is 7.92. The number of methoxy groups -OCH3 is 2. The third-order valence-electron chi connectivity index (χ3n) is 5.46. The number of carbonyl (C=O) groups excluding carboxylic acids is 2. The van der Waals surface area contributed by atoms with E-state index in [9.17, 15) is 14.7 Å². The van der Waals surface area contributed by atoms with E-state index < -0.39 is 17.7 Å². The summed E-state index contributed by atoms with van der Waals surface area (Å²) in [5.41, 5.74) is 1.10. The molecule has 1 amide bonds. The summed E-state index contributed by atoms with van der Waals surface area (Å²) in [6.07, 6.45) is 0.708. The number of rotatable bonds is 8. The summed E-state index contributed by atoms with van der Waals surface area (Å²) in [6.45, 7) is 1.21. The van der Waals surface area contributed by atoms with Gasteiger partial charge in [-0.2, -0.15) is 0 Å². The number of ether oxygens (including phenoxy) is 2. The Balaban J connectivity index is 2.13. The molecule has 2 aromatic carbocycles. The highest BCUT2D eigenvalue weighted by Gasteiger charge is 2.46.